The molecule has 1 aromatic heterocycles. The minimum atomic E-state index is -0.285. The predicted octanol–water partition coefficient (Wildman–Crippen LogP) is 10.8. The maximum Gasteiger partial charge on any atom is 2.00 e. The summed E-state index contributed by atoms with van der Waals surface area (Å²) in [5, 5.41) is 28.0. The molecule has 0 saturated heterocycles. The molecule has 5 nitrogen and oxygen atoms in total. The zero-order chi connectivity index (χ0) is 37.1. The summed E-state index contributed by atoms with van der Waals surface area (Å²) in [6.07, 6.45) is 5.11. The van der Waals surface area contributed by atoms with E-state index in [4.69, 9.17) is 9.98 Å². The molecule has 0 unspecified atom stereocenters. The van der Waals surface area contributed by atoms with Gasteiger partial charge in [-0.25, -0.2) is 0 Å². The van der Waals surface area contributed by atoms with Crippen LogP contribution in [0.5, 0.6) is 11.5 Å². The number of aliphatic imine (C=N–C) groups is 2. The van der Waals surface area contributed by atoms with E-state index in [9.17, 15) is 10.2 Å². The molecule has 4 aromatic carbocycles. The first-order valence-electron chi connectivity index (χ1n) is 17.4. The van der Waals surface area contributed by atoms with Crippen molar-refractivity contribution in [3.8, 4) is 11.5 Å². The van der Waals surface area contributed by atoms with Gasteiger partial charge in [0, 0.05) is 24.0 Å². The molecule has 0 N–H and O–H groups in total. The van der Waals surface area contributed by atoms with Crippen LogP contribution < -0.4 is 10.2 Å². The van der Waals surface area contributed by atoms with Crippen LogP contribution in [0, 0.1) is 0 Å². The number of fused-ring (bicyclic) bond motifs is 1. The second-order valence-electron chi connectivity index (χ2n) is 17.1. The van der Waals surface area contributed by atoms with E-state index >= 15 is 0 Å². The number of hydrogen-bond donors (Lipinski definition) is 0. The molecule has 0 saturated carbocycles. The number of benzene rings is 4. The number of pyridine rings is 1. The first kappa shape index (κ1) is 41.3. The SMILES string of the molecule is CC(C)(C)c1cc(C=Nc2ccccc2N=Cc2cc(C(C)(C)C)cc(C(C)(C)C)c2[O-])c([O-])c(C(C)(C)C)c1.[Zn+2].c1ccc2ncccc2c1. The summed E-state index contributed by atoms with van der Waals surface area (Å²) in [4.78, 5) is 13.6. The summed E-state index contributed by atoms with van der Waals surface area (Å²) >= 11 is 0. The van der Waals surface area contributed by atoms with E-state index in [1.54, 1.807) is 12.4 Å². The maximum absolute atomic E-state index is 13.4. The van der Waals surface area contributed by atoms with Gasteiger partial charge in [0.25, 0.3) is 0 Å². The molecule has 0 amide bonds. The minimum Gasteiger partial charge on any atom is -0.872 e. The summed E-state index contributed by atoms with van der Waals surface area (Å²) in [6.45, 7) is 25.2. The van der Waals surface area contributed by atoms with Crippen molar-refractivity contribution in [2.45, 2.75) is 105 Å². The third-order valence-corrected chi connectivity index (χ3v) is 8.66. The van der Waals surface area contributed by atoms with E-state index in [1.165, 1.54) is 5.39 Å². The van der Waals surface area contributed by atoms with Crippen molar-refractivity contribution in [1.29, 1.82) is 0 Å². The summed E-state index contributed by atoms with van der Waals surface area (Å²) in [6, 6.07) is 27.6. The van der Waals surface area contributed by atoms with Crippen LogP contribution in [0.1, 0.15) is 116 Å². The molecule has 0 spiro atoms. The van der Waals surface area contributed by atoms with Gasteiger partial charge < -0.3 is 10.2 Å². The predicted molar refractivity (Wildman–Crippen MR) is 209 cm³/mol. The zero-order valence-electron chi connectivity index (χ0n) is 32.7. The van der Waals surface area contributed by atoms with E-state index in [0.717, 1.165) is 27.8 Å². The average molecular weight is 733 g/mol. The summed E-state index contributed by atoms with van der Waals surface area (Å²) < 4.78 is 0. The van der Waals surface area contributed by atoms with Crippen molar-refractivity contribution in [3.63, 3.8) is 0 Å². The van der Waals surface area contributed by atoms with Gasteiger partial charge in [-0.1, -0.05) is 155 Å². The Morgan fingerprint density at radius 1 is 0.510 bits per heavy atom. The summed E-state index contributed by atoms with van der Waals surface area (Å²) in [5.41, 5.74) is 6.42. The van der Waals surface area contributed by atoms with Crippen molar-refractivity contribution in [3.05, 3.63) is 125 Å². The fraction of sp³-hybridized carbons (Fsp3) is 0.356. The van der Waals surface area contributed by atoms with Gasteiger partial charge in [0.05, 0.1) is 16.9 Å². The molecule has 5 rings (SSSR count). The molecule has 0 fully saturated rings. The number of hydrogen-bond acceptors (Lipinski definition) is 5. The Hall–Kier alpha value is -4.15. The molecular weight excluding hydrogens is 680 g/mol. The van der Waals surface area contributed by atoms with Gasteiger partial charge in [-0.3, -0.25) is 15.0 Å². The van der Waals surface area contributed by atoms with Crippen LogP contribution >= 0.6 is 0 Å². The smallest absolute Gasteiger partial charge is 0.872 e. The van der Waals surface area contributed by atoms with E-state index in [-0.39, 0.29) is 52.6 Å². The molecule has 5 aromatic rings. The first-order valence-corrected chi connectivity index (χ1v) is 17.4. The molecule has 262 valence electrons. The summed E-state index contributed by atoms with van der Waals surface area (Å²) in [5.74, 6) is -0.00938. The quantitative estimate of drug-likeness (QED) is 0.136. The summed E-state index contributed by atoms with van der Waals surface area (Å²) in [7, 11) is 0. The maximum atomic E-state index is 13.4. The van der Waals surface area contributed by atoms with Crippen LogP contribution in [-0.4, -0.2) is 17.4 Å². The average Bonchev–Trinajstić information content (AvgIpc) is 3.02. The Balaban J connectivity index is 0.000000541. The van der Waals surface area contributed by atoms with Crippen LogP contribution in [0.25, 0.3) is 10.9 Å². The van der Waals surface area contributed by atoms with Gasteiger partial charge in [-0.05, 0) is 79.3 Å². The number of nitrogens with zero attached hydrogens (tertiary/aromatic N) is 3. The van der Waals surface area contributed by atoms with Gasteiger partial charge >= 0.3 is 19.5 Å². The van der Waals surface area contributed by atoms with E-state index in [1.807, 2.05) is 79.0 Å². The molecule has 1 heterocycles. The molecule has 0 bridgehead atoms. The fourth-order valence-corrected chi connectivity index (χ4v) is 5.45. The second-order valence-corrected chi connectivity index (χ2v) is 17.1. The van der Waals surface area contributed by atoms with Crippen LogP contribution in [0.3, 0.4) is 0 Å². The Kier molecular flexibility index (Phi) is 13.0. The third-order valence-electron chi connectivity index (χ3n) is 8.66. The Morgan fingerprint density at radius 3 is 1.29 bits per heavy atom. The molecule has 0 atom stereocenters. The normalized spacial score (nSPS) is 12.5. The third kappa shape index (κ3) is 10.7. The van der Waals surface area contributed by atoms with E-state index in [2.05, 4.69) is 100 Å². The van der Waals surface area contributed by atoms with Crippen molar-refractivity contribution in [1.82, 2.24) is 4.98 Å². The molecule has 0 aliphatic rings. The van der Waals surface area contributed by atoms with Gasteiger partial charge in [-0.2, -0.15) is 0 Å². The van der Waals surface area contributed by atoms with Crippen LogP contribution in [0.2, 0.25) is 0 Å². The fourth-order valence-electron chi connectivity index (χ4n) is 5.45. The van der Waals surface area contributed by atoms with Gasteiger partial charge in [0.15, 0.2) is 0 Å². The Morgan fingerprint density at radius 2 is 0.902 bits per heavy atom. The van der Waals surface area contributed by atoms with E-state index < -0.39 is 0 Å². The molecular formula is C45H53N3O2Zn. The topological polar surface area (TPSA) is 83.7 Å². The zero-order valence-corrected chi connectivity index (χ0v) is 35.6. The first-order chi connectivity index (χ1) is 23.2. The van der Waals surface area contributed by atoms with Gasteiger partial charge in [-0.15, -0.1) is 0 Å². The van der Waals surface area contributed by atoms with Gasteiger partial charge in [0.1, 0.15) is 0 Å². The minimum absolute atomic E-state index is 0. The molecule has 6 heteroatoms. The second kappa shape index (κ2) is 16.0. The molecule has 0 aliphatic carbocycles. The molecule has 0 aliphatic heterocycles. The van der Waals surface area contributed by atoms with Crippen molar-refractivity contribution in [2.24, 2.45) is 9.98 Å². The van der Waals surface area contributed by atoms with Gasteiger partial charge in [0.2, 0.25) is 0 Å². The Bertz CT molecular complexity index is 1840. The largest absolute Gasteiger partial charge is 2.00 e. The monoisotopic (exact) mass is 731 g/mol. The van der Waals surface area contributed by atoms with Crippen molar-refractivity contribution in [2.75, 3.05) is 0 Å². The van der Waals surface area contributed by atoms with Crippen LogP contribution in [-0.2, 0) is 41.1 Å². The Labute approximate surface area is 318 Å². The van der Waals surface area contributed by atoms with Crippen LogP contribution in [0.15, 0.2) is 101 Å². The van der Waals surface area contributed by atoms with E-state index in [0.29, 0.717) is 22.5 Å². The molecule has 0 radical (unpaired) electrons. The molecule has 51 heavy (non-hydrogen) atoms. The van der Waals surface area contributed by atoms with Crippen LogP contribution in [0.4, 0.5) is 11.4 Å². The van der Waals surface area contributed by atoms with Crippen molar-refractivity contribution >= 4 is 34.7 Å². The number of para-hydroxylation sites is 3. The van der Waals surface area contributed by atoms with Crippen molar-refractivity contribution < 1.29 is 29.7 Å². The number of aromatic nitrogens is 1. The standard InChI is InChI=1S/C36H48N2O2.C9H7N.Zn/c1-33(2,3)25-17-23(31(39)27(19-25)35(7,8)9)21-37-29-15-13-14-16-30(29)38-22-24-18-26(34(4,5)6)20-28(32(24)40)36(10,11)12;1-2-6-9-8(4-1)5-3-7-10-9;/h13-22,39-40H,1-12H3;1-7H;/q;;+2/p-2. The number of rotatable bonds is 4.